The van der Waals surface area contributed by atoms with Crippen LogP contribution in [0.4, 0.5) is 15.9 Å². The first kappa shape index (κ1) is 30.7. The molecule has 6 N–H and O–H groups in total. The molecule has 3 aromatic heterocycles. The Morgan fingerprint density at radius 3 is 2.76 bits per heavy atom. The second-order valence-corrected chi connectivity index (χ2v) is 13.3. The molecule has 2 fully saturated rings. The number of piperidine rings is 1. The fraction of sp³-hybridized carbons (Fsp3) is 0.452. The van der Waals surface area contributed by atoms with Crippen molar-refractivity contribution in [2.45, 2.75) is 77.1 Å². The van der Waals surface area contributed by atoms with Crippen molar-refractivity contribution in [3.8, 4) is 17.1 Å². The van der Waals surface area contributed by atoms with E-state index in [1.807, 2.05) is 13.0 Å². The maximum absolute atomic E-state index is 14.7. The van der Waals surface area contributed by atoms with E-state index in [0.29, 0.717) is 46.2 Å². The van der Waals surface area contributed by atoms with Gasteiger partial charge in [0, 0.05) is 36.8 Å². The van der Waals surface area contributed by atoms with Crippen LogP contribution in [0.15, 0.2) is 30.6 Å². The van der Waals surface area contributed by atoms with Gasteiger partial charge in [0.15, 0.2) is 10.7 Å². The molecule has 238 valence electrons. The molecule has 4 aromatic rings. The average Bonchev–Trinajstić information content (AvgIpc) is 3.70. The first-order chi connectivity index (χ1) is 21.6. The molecular weight excluding hydrogens is 597 g/mol. The Hall–Kier alpha value is -4.30. The lowest BCUT2D eigenvalue weighted by Gasteiger charge is -2.34. The van der Waals surface area contributed by atoms with Crippen molar-refractivity contribution in [3.63, 3.8) is 0 Å². The number of ether oxygens (including phenoxy) is 1. The minimum absolute atomic E-state index is 0.0185. The number of anilines is 2. The van der Waals surface area contributed by atoms with Crippen molar-refractivity contribution < 1.29 is 18.7 Å². The molecule has 2 aliphatic rings. The number of hydrogen-bond acceptors (Lipinski definition) is 10. The number of hydrogen-bond donors (Lipinski definition) is 4. The van der Waals surface area contributed by atoms with Crippen molar-refractivity contribution in [2.24, 2.45) is 5.73 Å². The second-order valence-electron chi connectivity index (χ2n) is 12.1. The quantitative estimate of drug-likeness (QED) is 0.215. The topological polar surface area (TPSA) is 166 Å². The fourth-order valence-corrected chi connectivity index (χ4v) is 7.15. The highest BCUT2D eigenvalue weighted by molar-refractivity contribution is 7.13. The zero-order valence-corrected chi connectivity index (χ0v) is 26.4. The van der Waals surface area contributed by atoms with Gasteiger partial charge in [-0.2, -0.15) is 5.10 Å². The summed E-state index contributed by atoms with van der Waals surface area (Å²) >= 11 is 1.34. The Balaban J connectivity index is 1.20. The molecule has 45 heavy (non-hydrogen) atoms. The van der Waals surface area contributed by atoms with Crippen molar-refractivity contribution in [1.29, 1.82) is 0 Å². The van der Waals surface area contributed by atoms with Gasteiger partial charge in [-0.1, -0.05) is 19.9 Å². The third-order valence-corrected chi connectivity index (χ3v) is 9.28. The molecule has 0 spiro atoms. The smallest absolute Gasteiger partial charge is 0.267 e. The number of fused-ring (bicyclic) bond motifs is 1. The molecule has 6 rings (SSSR count). The van der Waals surface area contributed by atoms with Gasteiger partial charge >= 0.3 is 0 Å². The van der Waals surface area contributed by atoms with Crippen LogP contribution in [0.25, 0.3) is 16.8 Å². The number of primary amides is 1. The number of carbonyl (C=O) groups is 2. The van der Waals surface area contributed by atoms with Gasteiger partial charge in [-0.15, -0.1) is 11.3 Å². The van der Waals surface area contributed by atoms with Crippen LogP contribution in [0.1, 0.15) is 71.0 Å². The molecule has 14 heteroatoms. The number of nitrogens with two attached hydrogens (primary N) is 2. The van der Waals surface area contributed by atoms with E-state index in [1.54, 1.807) is 10.6 Å². The minimum Gasteiger partial charge on any atom is -0.473 e. The number of nitrogens with zero attached hydrogens (tertiary/aromatic N) is 5. The molecule has 2 amide bonds. The molecule has 12 nitrogen and oxygen atoms in total. The van der Waals surface area contributed by atoms with E-state index in [-0.39, 0.29) is 29.4 Å². The van der Waals surface area contributed by atoms with Crippen LogP contribution >= 0.6 is 11.3 Å². The number of thiazole rings is 1. The van der Waals surface area contributed by atoms with E-state index < -0.39 is 11.7 Å². The van der Waals surface area contributed by atoms with Gasteiger partial charge in [-0.3, -0.25) is 9.59 Å². The summed E-state index contributed by atoms with van der Waals surface area (Å²) in [5.74, 6) is -1.09. The fourth-order valence-electron chi connectivity index (χ4n) is 6.39. The van der Waals surface area contributed by atoms with Gasteiger partial charge < -0.3 is 31.7 Å². The number of rotatable bonds is 9. The summed E-state index contributed by atoms with van der Waals surface area (Å²) in [5.41, 5.74) is 13.9. The highest BCUT2D eigenvalue weighted by atomic mass is 32.1. The predicted molar refractivity (Wildman–Crippen MR) is 171 cm³/mol. The zero-order valence-electron chi connectivity index (χ0n) is 25.5. The summed E-state index contributed by atoms with van der Waals surface area (Å²) in [7, 11) is 0. The lowest BCUT2D eigenvalue weighted by atomic mass is 10.0. The maximum Gasteiger partial charge on any atom is 0.267 e. The van der Waals surface area contributed by atoms with Gasteiger partial charge in [-0.05, 0) is 57.2 Å². The van der Waals surface area contributed by atoms with Crippen molar-refractivity contribution in [3.05, 3.63) is 51.9 Å². The van der Waals surface area contributed by atoms with Crippen molar-refractivity contribution >= 4 is 40.2 Å². The lowest BCUT2D eigenvalue weighted by Crippen LogP contribution is -2.47. The van der Waals surface area contributed by atoms with Crippen LogP contribution < -0.4 is 31.7 Å². The van der Waals surface area contributed by atoms with Gasteiger partial charge in [0.25, 0.3) is 11.8 Å². The number of nitrogen functional groups attached to an aromatic ring is 1. The Kier molecular flexibility index (Phi) is 8.60. The molecule has 1 aromatic carbocycles. The van der Waals surface area contributed by atoms with E-state index in [2.05, 4.69) is 44.4 Å². The van der Waals surface area contributed by atoms with Gasteiger partial charge in [0.05, 0.1) is 22.0 Å². The van der Waals surface area contributed by atoms with E-state index in [0.717, 1.165) is 49.3 Å². The van der Waals surface area contributed by atoms with Crippen molar-refractivity contribution in [2.75, 3.05) is 23.7 Å². The first-order valence-electron chi connectivity index (χ1n) is 15.2. The lowest BCUT2D eigenvalue weighted by molar-refractivity contribution is 0.0928. The normalized spacial score (nSPS) is 20.2. The molecule has 0 radical (unpaired) electrons. The summed E-state index contributed by atoms with van der Waals surface area (Å²) < 4.78 is 22.6. The van der Waals surface area contributed by atoms with E-state index in [9.17, 15) is 14.0 Å². The van der Waals surface area contributed by atoms with Crippen LogP contribution in [-0.4, -0.2) is 68.7 Å². The highest BCUT2D eigenvalue weighted by Gasteiger charge is 2.31. The Bertz CT molecular complexity index is 1740. The van der Waals surface area contributed by atoms with Crippen LogP contribution in [-0.2, 0) is 0 Å². The van der Waals surface area contributed by atoms with E-state index in [4.69, 9.17) is 16.2 Å². The Labute approximate surface area is 264 Å². The molecule has 1 saturated heterocycles. The Morgan fingerprint density at radius 2 is 2.00 bits per heavy atom. The average molecular weight is 636 g/mol. The van der Waals surface area contributed by atoms with Crippen LogP contribution in [0, 0.1) is 12.7 Å². The molecule has 0 bridgehead atoms. The van der Waals surface area contributed by atoms with Gasteiger partial charge in [-0.25, -0.2) is 18.9 Å². The maximum atomic E-state index is 14.7. The summed E-state index contributed by atoms with van der Waals surface area (Å²) in [4.78, 5) is 36.5. The van der Waals surface area contributed by atoms with Gasteiger partial charge in [0.2, 0.25) is 5.88 Å². The standard InChI is InChI=1S/C31H38FN9O3S/c1-16(2)37-19-7-8-21(12-19)44-31-27(45-17(3)38-31)30(43)39-20-5-4-10-40(14-20)25-13-24(41-26(25)28(33)35-15-36-41)18-6-9-22(29(34)42)23(32)11-18/h6,9,11,13,15-16,19-21,37H,4-5,7-8,10,12,14H2,1-3H3,(H2,34,42)(H,39,43)(H2,33,35,36)/t19-,20-,21+/m1/s1. The molecular formula is C31H38FN9O3S. The molecule has 1 aliphatic carbocycles. The second kappa shape index (κ2) is 12.6. The number of aromatic nitrogens is 4. The number of nitrogens with one attached hydrogen (secondary N) is 2. The molecule has 4 heterocycles. The molecule has 3 atom stereocenters. The summed E-state index contributed by atoms with van der Waals surface area (Å²) in [6.45, 7) is 7.40. The number of benzene rings is 1. The summed E-state index contributed by atoms with van der Waals surface area (Å²) in [6, 6.07) is 6.77. The third kappa shape index (κ3) is 6.43. The molecule has 0 unspecified atom stereocenters. The van der Waals surface area contributed by atoms with Crippen LogP contribution in [0.2, 0.25) is 0 Å². The zero-order chi connectivity index (χ0) is 31.8. The van der Waals surface area contributed by atoms with E-state index in [1.165, 1.54) is 29.8 Å². The number of carbonyl (C=O) groups excluding carboxylic acids is 2. The number of aryl methyl sites for hydroxylation is 1. The largest absolute Gasteiger partial charge is 0.473 e. The Morgan fingerprint density at radius 1 is 1.18 bits per heavy atom. The summed E-state index contributed by atoms with van der Waals surface area (Å²) in [5, 5.41) is 12.0. The first-order valence-corrected chi connectivity index (χ1v) is 16.1. The summed E-state index contributed by atoms with van der Waals surface area (Å²) in [6.07, 6.45) is 5.82. The van der Waals surface area contributed by atoms with Crippen LogP contribution in [0.3, 0.4) is 0 Å². The predicted octanol–water partition coefficient (Wildman–Crippen LogP) is 3.68. The van der Waals surface area contributed by atoms with Crippen LogP contribution in [0.5, 0.6) is 5.88 Å². The van der Waals surface area contributed by atoms with E-state index >= 15 is 0 Å². The molecule has 1 aliphatic heterocycles. The third-order valence-electron chi connectivity index (χ3n) is 8.33. The monoisotopic (exact) mass is 635 g/mol. The minimum atomic E-state index is -0.842. The SMILES string of the molecule is Cc1nc(O[C@H]2CC[C@@H](NC(C)C)C2)c(C(=O)N[C@@H]2CCCN(c3cc(-c4ccc(C(N)=O)c(F)c4)n4ncnc(N)c34)C2)s1. The highest BCUT2D eigenvalue weighted by Crippen LogP contribution is 2.36. The molecule has 1 saturated carbocycles. The number of amides is 2. The van der Waals surface area contributed by atoms with Crippen molar-refractivity contribution in [1.82, 2.24) is 30.2 Å². The van der Waals surface area contributed by atoms with Gasteiger partial charge in [0.1, 0.15) is 23.8 Å². The number of halogens is 1.